The van der Waals surface area contributed by atoms with Crippen LogP contribution >= 0.6 is 0 Å². The van der Waals surface area contributed by atoms with Crippen LogP contribution in [-0.2, 0) is 14.8 Å². The van der Waals surface area contributed by atoms with Gasteiger partial charge >= 0.3 is 0 Å². The monoisotopic (exact) mass is 297 g/mol. The average Bonchev–Trinajstić information content (AvgIpc) is 2.47. The standard InChI is InChI=1S/C13H19N3O3S/c1-14-13(17)12-10-15(2)8-9-16(12)20(18,19)11-6-4-3-5-7-11/h3-7,12H,8-10H2,1-2H3,(H,14,17). The van der Waals surface area contributed by atoms with Gasteiger partial charge in [-0.15, -0.1) is 0 Å². The summed E-state index contributed by atoms with van der Waals surface area (Å²) in [6.07, 6.45) is 0. The highest BCUT2D eigenvalue weighted by atomic mass is 32.2. The highest BCUT2D eigenvalue weighted by Crippen LogP contribution is 2.21. The van der Waals surface area contributed by atoms with E-state index in [4.69, 9.17) is 0 Å². The van der Waals surface area contributed by atoms with Crippen molar-refractivity contribution in [3.63, 3.8) is 0 Å². The molecule has 1 amide bonds. The maximum absolute atomic E-state index is 12.7. The molecule has 1 atom stereocenters. The molecule has 20 heavy (non-hydrogen) atoms. The number of nitrogens with one attached hydrogen (secondary N) is 1. The topological polar surface area (TPSA) is 69.7 Å². The normalized spacial score (nSPS) is 21.6. The molecule has 1 heterocycles. The lowest BCUT2D eigenvalue weighted by Gasteiger charge is -2.37. The third-order valence-corrected chi connectivity index (χ3v) is 5.36. The largest absolute Gasteiger partial charge is 0.358 e. The number of amides is 1. The van der Waals surface area contributed by atoms with Crippen LogP contribution in [0.25, 0.3) is 0 Å². The lowest BCUT2D eigenvalue weighted by atomic mass is 10.2. The zero-order valence-electron chi connectivity index (χ0n) is 11.6. The van der Waals surface area contributed by atoms with Crippen LogP contribution in [0.4, 0.5) is 0 Å². The van der Waals surface area contributed by atoms with Crippen molar-refractivity contribution in [2.45, 2.75) is 10.9 Å². The first-order chi connectivity index (χ1) is 9.46. The van der Waals surface area contributed by atoms with Gasteiger partial charge in [-0.25, -0.2) is 8.42 Å². The maximum atomic E-state index is 12.7. The second kappa shape index (κ2) is 5.90. The number of carbonyl (C=O) groups excluding carboxylic acids is 1. The van der Waals surface area contributed by atoms with Crippen LogP contribution in [0, 0.1) is 0 Å². The maximum Gasteiger partial charge on any atom is 0.243 e. The van der Waals surface area contributed by atoms with E-state index in [1.807, 2.05) is 11.9 Å². The van der Waals surface area contributed by atoms with Crippen LogP contribution in [0.15, 0.2) is 35.2 Å². The molecule has 1 aliphatic rings. The molecule has 2 rings (SSSR count). The SMILES string of the molecule is CNC(=O)C1CN(C)CCN1S(=O)(=O)c1ccccc1. The number of likely N-dealkylation sites (N-methyl/N-ethyl adjacent to an activating group) is 2. The molecule has 1 aromatic rings. The van der Waals surface area contributed by atoms with Gasteiger partial charge in [0.25, 0.3) is 0 Å². The number of piperazine rings is 1. The van der Waals surface area contributed by atoms with Gasteiger partial charge in [-0.05, 0) is 19.2 Å². The smallest absolute Gasteiger partial charge is 0.243 e. The summed E-state index contributed by atoms with van der Waals surface area (Å²) >= 11 is 0. The first-order valence-electron chi connectivity index (χ1n) is 6.44. The Bertz CT molecular complexity index is 574. The van der Waals surface area contributed by atoms with E-state index in [1.54, 1.807) is 30.3 Å². The molecule has 0 radical (unpaired) electrons. The van der Waals surface area contributed by atoms with Crippen molar-refractivity contribution in [3.8, 4) is 0 Å². The number of rotatable bonds is 3. The van der Waals surface area contributed by atoms with Crippen LogP contribution in [-0.4, -0.2) is 63.3 Å². The fraction of sp³-hybridized carbons (Fsp3) is 0.462. The van der Waals surface area contributed by atoms with Crippen LogP contribution < -0.4 is 5.32 Å². The molecule has 1 aromatic carbocycles. The molecular formula is C13H19N3O3S. The van der Waals surface area contributed by atoms with Crippen LogP contribution in [0.1, 0.15) is 0 Å². The zero-order chi connectivity index (χ0) is 14.8. The van der Waals surface area contributed by atoms with Crippen molar-refractivity contribution < 1.29 is 13.2 Å². The van der Waals surface area contributed by atoms with Gasteiger partial charge in [0.1, 0.15) is 6.04 Å². The van der Waals surface area contributed by atoms with Gasteiger partial charge in [0.15, 0.2) is 0 Å². The third kappa shape index (κ3) is 2.84. The summed E-state index contributed by atoms with van der Waals surface area (Å²) in [5.41, 5.74) is 0. The first-order valence-corrected chi connectivity index (χ1v) is 7.88. The Kier molecular flexibility index (Phi) is 4.42. The minimum absolute atomic E-state index is 0.221. The van der Waals surface area contributed by atoms with E-state index in [0.717, 1.165) is 0 Å². The summed E-state index contributed by atoms with van der Waals surface area (Å²) < 4.78 is 26.6. The highest BCUT2D eigenvalue weighted by Gasteiger charge is 2.38. The van der Waals surface area contributed by atoms with Crippen molar-refractivity contribution in [3.05, 3.63) is 30.3 Å². The highest BCUT2D eigenvalue weighted by molar-refractivity contribution is 7.89. The van der Waals surface area contributed by atoms with Gasteiger partial charge in [-0.3, -0.25) is 4.79 Å². The van der Waals surface area contributed by atoms with Gasteiger partial charge < -0.3 is 10.2 Å². The van der Waals surface area contributed by atoms with Crippen molar-refractivity contribution >= 4 is 15.9 Å². The Morgan fingerprint density at radius 1 is 1.25 bits per heavy atom. The van der Waals surface area contributed by atoms with Crippen LogP contribution in [0.5, 0.6) is 0 Å². The lowest BCUT2D eigenvalue weighted by Crippen LogP contribution is -2.59. The molecule has 1 saturated heterocycles. The summed E-state index contributed by atoms with van der Waals surface area (Å²) in [7, 11) is -0.248. The minimum atomic E-state index is -3.64. The summed E-state index contributed by atoms with van der Waals surface area (Å²) in [5, 5.41) is 2.54. The molecule has 1 fully saturated rings. The van der Waals surface area contributed by atoms with Crippen molar-refractivity contribution in [1.29, 1.82) is 0 Å². The van der Waals surface area contributed by atoms with E-state index in [2.05, 4.69) is 5.32 Å². The number of nitrogens with zero attached hydrogens (tertiary/aromatic N) is 2. The molecule has 6 nitrogen and oxygen atoms in total. The lowest BCUT2D eigenvalue weighted by molar-refractivity contribution is -0.125. The Hall–Kier alpha value is -1.44. The second-order valence-electron chi connectivity index (χ2n) is 4.82. The summed E-state index contributed by atoms with van der Waals surface area (Å²) in [4.78, 5) is 14.1. The quantitative estimate of drug-likeness (QED) is 0.834. The van der Waals surface area contributed by atoms with E-state index in [1.165, 1.54) is 11.4 Å². The van der Waals surface area contributed by atoms with Gasteiger partial charge in [-0.2, -0.15) is 4.31 Å². The Balaban J connectivity index is 2.36. The second-order valence-corrected chi connectivity index (χ2v) is 6.71. The van der Waals surface area contributed by atoms with E-state index >= 15 is 0 Å². The summed E-state index contributed by atoms with van der Waals surface area (Å²) in [5.74, 6) is -0.281. The first kappa shape index (κ1) is 15.0. The molecule has 0 bridgehead atoms. The number of sulfonamides is 1. The molecule has 0 saturated carbocycles. The Labute approximate surface area is 119 Å². The van der Waals surface area contributed by atoms with E-state index < -0.39 is 16.1 Å². The Morgan fingerprint density at radius 2 is 1.90 bits per heavy atom. The van der Waals surface area contributed by atoms with Gasteiger partial charge in [0, 0.05) is 26.7 Å². The van der Waals surface area contributed by atoms with Crippen molar-refractivity contribution in [1.82, 2.24) is 14.5 Å². The Morgan fingerprint density at radius 3 is 2.50 bits per heavy atom. The molecule has 1 unspecified atom stereocenters. The number of benzene rings is 1. The van der Waals surface area contributed by atoms with E-state index in [9.17, 15) is 13.2 Å². The fourth-order valence-electron chi connectivity index (χ4n) is 2.30. The summed E-state index contributed by atoms with van der Waals surface area (Å²) in [6.45, 7) is 1.32. The predicted octanol–water partition coefficient (Wildman–Crippen LogP) is -0.263. The third-order valence-electron chi connectivity index (χ3n) is 3.43. The predicted molar refractivity (Wildman–Crippen MR) is 75.7 cm³/mol. The van der Waals surface area contributed by atoms with Gasteiger partial charge in [0.05, 0.1) is 4.90 Å². The molecule has 0 aliphatic carbocycles. The van der Waals surface area contributed by atoms with Gasteiger partial charge in [-0.1, -0.05) is 18.2 Å². The van der Waals surface area contributed by atoms with E-state index in [-0.39, 0.29) is 10.8 Å². The molecule has 1 aliphatic heterocycles. The molecule has 0 spiro atoms. The summed E-state index contributed by atoms with van der Waals surface area (Å²) in [6, 6.07) is 7.53. The minimum Gasteiger partial charge on any atom is -0.358 e. The average molecular weight is 297 g/mol. The van der Waals surface area contributed by atoms with Gasteiger partial charge in [0.2, 0.25) is 15.9 Å². The van der Waals surface area contributed by atoms with Crippen LogP contribution in [0.2, 0.25) is 0 Å². The van der Waals surface area contributed by atoms with Crippen LogP contribution in [0.3, 0.4) is 0 Å². The number of hydrogen-bond acceptors (Lipinski definition) is 4. The number of hydrogen-bond donors (Lipinski definition) is 1. The fourth-order valence-corrected chi connectivity index (χ4v) is 3.89. The molecule has 110 valence electrons. The zero-order valence-corrected chi connectivity index (χ0v) is 12.4. The molecule has 0 aromatic heterocycles. The molecule has 7 heteroatoms. The van der Waals surface area contributed by atoms with Crippen molar-refractivity contribution in [2.75, 3.05) is 33.7 Å². The number of carbonyl (C=O) groups is 1. The molecule has 1 N–H and O–H groups in total. The van der Waals surface area contributed by atoms with E-state index in [0.29, 0.717) is 19.6 Å². The molecular weight excluding hydrogens is 278 g/mol. The van der Waals surface area contributed by atoms with Crippen molar-refractivity contribution in [2.24, 2.45) is 0 Å².